The van der Waals surface area contributed by atoms with Gasteiger partial charge in [0.25, 0.3) is 0 Å². The number of halogens is 2. The van der Waals surface area contributed by atoms with Crippen molar-refractivity contribution in [2.75, 3.05) is 5.73 Å². The van der Waals surface area contributed by atoms with Crippen LogP contribution in [0.25, 0.3) is 0 Å². The van der Waals surface area contributed by atoms with Crippen LogP contribution in [0, 0.1) is 6.92 Å². The average Bonchev–Trinajstić information content (AvgIpc) is 2.07. The van der Waals surface area contributed by atoms with Gasteiger partial charge >= 0.3 is 0 Å². The maximum absolute atomic E-state index is 10.9. The molecule has 3 nitrogen and oxygen atoms in total. The van der Waals surface area contributed by atoms with Crippen LogP contribution in [0.4, 0.5) is 5.69 Å². The number of rotatable bonds is 1. The van der Waals surface area contributed by atoms with Crippen molar-refractivity contribution in [3.05, 3.63) is 21.4 Å². The highest BCUT2D eigenvalue weighted by atomic mass is 35.5. The molecule has 0 radical (unpaired) electrons. The Labute approximate surface area is 90.6 Å². The minimum atomic E-state index is -0.557. The lowest BCUT2D eigenvalue weighted by molar-refractivity contribution is 0.108. The molecule has 0 unspecified atom stereocenters. The van der Waals surface area contributed by atoms with Crippen molar-refractivity contribution >= 4 is 46.6 Å². The zero-order valence-corrected chi connectivity index (χ0v) is 9.04. The number of carbonyl (C=O) groups is 1. The second-order valence-corrected chi connectivity index (χ2v) is 3.55. The summed E-state index contributed by atoms with van der Waals surface area (Å²) in [6.07, 6.45) is 0. The molecule has 2 N–H and O–H groups in total. The second kappa shape index (κ2) is 3.74. The molecular weight excluding hydrogens is 231 g/mol. The number of nitrogen functional groups attached to an aromatic ring is 1. The molecule has 0 aromatic carbocycles. The Bertz CT molecular complexity index is 381. The number of carbonyl (C=O) groups excluding carboxylic acids is 1. The molecule has 1 aromatic heterocycles. The summed E-state index contributed by atoms with van der Waals surface area (Å²) in [4.78, 5) is 14.6. The zero-order chi connectivity index (χ0) is 10.2. The third-order valence-corrected chi connectivity index (χ3v) is 2.53. The fraction of sp³-hybridized carbons (Fsp3) is 0.143. The quantitative estimate of drug-likeness (QED) is 0.582. The van der Waals surface area contributed by atoms with Crippen molar-refractivity contribution < 1.29 is 4.79 Å². The van der Waals surface area contributed by atoms with E-state index in [2.05, 4.69) is 17.6 Å². The van der Waals surface area contributed by atoms with Gasteiger partial charge in [0, 0.05) is 5.56 Å². The highest BCUT2D eigenvalue weighted by Crippen LogP contribution is 2.30. The van der Waals surface area contributed by atoms with E-state index in [0.29, 0.717) is 5.56 Å². The average molecular weight is 237 g/mol. The first-order valence-corrected chi connectivity index (χ1v) is 4.49. The summed E-state index contributed by atoms with van der Waals surface area (Å²) in [5.41, 5.74) is 6.39. The SMILES string of the molecule is Cc1c(Cl)nc(C(=O)S)c(Cl)c1N. The third-order valence-electron chi connectivity index (χ3n) is 1.57. The van der Waals surface area contributed by atoms with Crippen molar-refractivity contribution in [2.45, 2.75) is 6.92 Å². The Hall–Kier alpha value is -0.450. The smallest absolute Gasteiger partial charge is 0.236 e. The van der Waals surface area contributed by atoms with Crippen LogP contribution in [-0.2, 0) is 0 Å². The Balaban J connectivity index is 3.50. The normalized spacial score (nSPS) is 10.2. The van der Waals surface area contributed by atoms with E-state index in [1.807, 2.05) is 0 Å². The molecule has 0 saturated carbocycles. The lowest BCUT2D eigenvalue weighted by atomic mass is 10.2. The molecule has 0 aliphatic rings. The highest BCUT2D eigenvalue weighted by Gasteiger charge is 2.15. The van der Waals surface area contributed by atoms with Crippen LogP contribution >= 0.6 is 35.8 Å². The maximum atomic E-state index is 10.9. The molecule has 0 aliphatic heterocycles. The summed E-state index contributed by atoms with van der Waals surface area (Å²) in [5, 5.41) is -0.292. The Morgan fingerprint density at radius 3 is 2.54 bits per heavy atom. The zero-order valence-electron chi connectivity index (χ0n) is 6.64. The van der Waals surface area contributed by atoms with E-state index in [9.17, 15) is 4.79 Å². The lowest BCUT2D eigenvalue weighted by Crippen LogP contribution is -2.02. The van der Waals surface area contributed by atoms with Crippen molar-refractivity contribution in [3.8, 4) is 0 Å². The van der Waals surface area contributed by atoms with Gasteiger partial charge in [-0.15, -0.1) is 0 Å². The van der Waals surface area contributed by atoms with Crippen molar-refractivity contribution in [1.82, 2.24) is 4.98 Å². The summed E-state index contributed by atoms with van der Waals surface area (Å²) in [6.45, 7) is 1.67. The number of pyridine rings is 1. The molecule has 0 saturated heterocycles. The first-order valence-electron chi connectivity index (χ1n) is 3.29. The number of hydrogen-bond acceptors (Lipinski definition) is 3. The molecule has 0 atom stereocenters. The van der Waals surface area contributed by atoms with Crippen LogP contribution in [0.5, 0.6) is 0 Å². The fourth-order valence-electron chi connectivity index (χ4n) is 0.776. The molecular formula is C7H6Cl2N2OS. The highest BCUT2D eigenvalue weighted by molar-refractivity contribution is 7.97. The van der Waals surface area contributed by atoms with Gasteiger partial charge < -0.3 is 5.73 Å². The monoisotopic (exact) mass is 236 g/mol. The fourth-order valence-corrected chi connectivity index (χ4v) is 1.46. The Morgan fingerprint density at radius 1 is 1.54 bits per heavy atom. The largest absolute Gasteiger partial charge is 0.397 e. The Kier molecular flexibility index (Phi) is 3.05. The number of anilines is 1. The van der Waals surface area contributed by atoms with Crippen molar-refractivity contribution in [2.24, 2.45) is 0 Å². The molecule has 1 heterocycles. The van der Waals surface area contributed by atoms with Gasteiger partial charge in [-0.3, -0.25) is 4.79 Å². The molecule has 1 rings (SSSR count). The van der Waals surface area contributed by atoms with E-state index in [0.717, 1.165) is 0 Å². The standard InChI is InChI=1S/C7H6Cl2N2OS/c1-2-4(10)3(8)5(7(12)13)11-6(2)9/h1H3,(H2,10,11)(H,12,13). The molecule has 0 bridgehead atoms. The van der Waals surface area contributed by atoms with Crippen molar-refractivity contribution in [1.29, 1.82) is 0 Å². The van der Waals surface area contributed by atoms with Gasteiger partial charge in [-0.2, -0.15) is 0 Å². The summed E-state index contributed by atoms with van der Waals surface area (Å²) >= 11 is 15.0. The van der Waals surface area contributed by atoms with Gasteiger partial charge in [0.05, 0.1) is 10.7 Å². The lowest BCUT2D eigenvalue weighted by Gasteiger charge is -2.06. The maximum Gasteiger partial charge on any atom is 0.236 e. The summed E-state index contributed by atoms with van der Waals surface area (Å²) in [5.74, 6) is 0. The van der Waals surface area contributed by atoms with Crippen LogP contribution in [0.15, 0.2) is 0 Å². The first kappa shape index (κ1) is 10.6. The van der Waals surface area contributed by atoms with Gasteiger partial charge in [-0.05, 0) is 6.92 Å². The van der Waals surface area contributed by atoms with E-state index < -0.39 is 5.12 Å². The van der Waals surface area contributed by atoms with E-state index in [-0.39, 0.29) is 21.6 Å². The third kappa shape index (κ3) is 1.90. The van der Waals surface area contributed by atoms with Crippen LogP contribution in [0.2, 0.25) is 10.2 Å². The molecule has 1 aromatic rings. The van der Waals surface area contributed by atoms with E-state index in [1.54, 1.807) is 6.92 Å². The van der Waals surface area contributed by atoms with Gasteiger partial charge in [0.1, 0.15) is 10.8 Å². The number of aromatic nitrogens is 1. The molecule has 6 heteroatoms. The van der Waals surface area contributed by atoms with Gasteiger partial charge in [-0.25, -0.2) is 4.98 Å². The van der Waals surface area contributed by atoms with E-state index in [4.69, 9.17) is 28.9 Å². The number of thiol groups is 1. The summed E-state index contributed by atoms with van der Waals surface area (Å²) in [6, 6.07) is 0. The van der Waals surface area contributed by atoms with Crippen LogP contribution in [0.1, 0.15) is 16.1 Å². The molecule has 0 amide bonds. The first-order chi connectivity index (χ1) is 5.95. The topological polar surface area (TPSA) is 56.0 Å². The molecule has 0 aliphatic carbocycles. The predicted molar refractivity (Wildman–Crippen MR) is 56.7 cm³/mol. The minimum Gasteiger partial charge on any atom is -0.397 e. The summed E-state index contributed by atoms with van der Waals surface area (Å²) < 4.78 is 0. The predicted octanol–water partition coefficient (Wildman–Crippen LogP) is 2.35. The van der Waals surface area contributed by atoms with Gasteiger partial charge in [0.2, 0.25) is 5.12 Å². The second-order valence-electron chi connectivity index (χ2n) is 2.41. The van der Waals surface area contributed by atoms with Crippen LogP contribution in [-0.4, -0.2) is 10.1 Å². The molecule has 0 fully saturated rings. The summed E-state index contributed by atoms with van der Waals surface area (Å²) in [7, 11) is 0. The molecule has 13 heavy (non-hydrogen) atoms. The number of hydrogen-bond donors (Lipinski definition) is 2. The molecule has 70 valence electrons. The Morgan fingerprint density at radius 2 is 2.08 bits per heavy atom. The van der Waals surface area contributed by atoms with Gasteiger partial charge in [-0.1, -0.05) is 35.8 Å². The van der Waals surface area contributed by atoms with Crippen molar-refractivity contribution in [3.63, 3.8) is 0 Å². The van der Waals surface area contributed by atoms with E-state index in [1.165, 1.54) is 0 Å². The van der Waals surface area contributed by atoms with Crippen LogP contribution in [0.3, 0.4) is 0 Å². The van der Waals surface area contributed by atoms with E-state index >= 15 is 0 Å². The number of nitrogens with zero attached hydrogens (tertiary/aromatic N) is 1. The minimum absolute atomic E-state index is 0.0156. The number of nitrogens with two attached hydrogens (primary N) is 1. The molecule has 0 spiro atoms. The van der Waals surface area contributed by atoms with Crippen LogP contribution < -0.4 is 5.73 Å². The van der Waals surface area contributed by atoms with Gasteiger partial charge in [0.15, 0.2) is 0 Å².